The third-order valence-electron chi connectivity index (χ3n) is 4.69. The summed E-state index contributed by atoms with van der Waals surface area (Å²) in [6.07, 6.45) is 3.93. The van der Waals surface area contributed by atoms with E-state index in [9.17, 15) is 9.90 Å². The second-order valence-corrected chi connectivity index (χ2v) is 6.21. The molecule has 0 saturated heterocycles. The van der Waals surface area contributed by atoms with Crippen LogP contribution in [0.1, 0.15) is 44.2 Å². The lowest BCUT2D eigenvalue weighted by Crippen LogP contribution is -2.48. The van der Waals surface area contributed by atoms with E-state index in [0.29, 0.717) is 6.54 Å². The van der Waals surface area contributed by atoms with Gasteiger partial charge in [-0.1, -0.05) is 44.5 Å². The number of amides is 2. The van der Waals surface area contributed by atoms with E-state index in [-0.39, 0.29) is 24.1 Å². The van der Waals surface area contributed by atoms with E-state index in [1.54, 1.807) is 0 Å². The zero-order valence-corrected chi connectivity index (χ0v) is 13.0. The van der Waals surface area contributed by atoms with Gasteiger partial charge in [0.15, 0.2) is 0 Å². The summed E-state index contributed by atoms with van der Waals surface area (Å²) in [5, 5.41) is 15.5. The van der Waals surface area contributed by atoms with Gasteiger partial charge in [0.1, 0.15) is 0 Å². The first-order valence-corrected chi connectivity index (χ1v) is 7.81. The number of nitrogens with one attached hydrogen (secondary N) is 2. The highest BCUT2D eigenvalue weighted by atomic mass is 16.3. The van der Waals surface area contributed by atoms with Gasteiger partial charge < -0.3 is 15.7 Å². The minimum Gasteiger partial charge on any atom is -0.396 e. The van der Waals surface area contributed by atoms with Gasteiger partial charge in [-0.05, 0) is 30.4 Å². The molecule has 2 atom stereocenters. The van der Waals surface area contributed by atoms with Crippen LogP contribution in [-0.4, -0.2) is 23.8 Å². The number of hydrogen-bond acceptors (Lipinski definition) is 2. The highest BCUT2D eigenvalue weighted by Gasteiger charge is 2.39. The first kappa shape index (κ1) is 15.8. The van der Waals surface area contributed by atoms with Gasteiger partial charge in [-0.3, -0.25) is 0 Å². The summed E-state index contributed by atoms with van der Waals surface area (Å²) >= 11 is 0. The molecular formula is C17H26N2O2. The van der Waals surface area contributed by atoms with E-state index in [1.165, 1.54) is 5.56 Å². The Morgan fingerprint density at radius 2 is 2.10 bits per heavy atom. The Morgan fingerprint density at radius 3 is 2.76 bits per heavy atom. The van der Waals surface area contributed by atoms with Crippen LogP contribution in [0, 0.1) is 5.41 Å². The Hall–Kier alpha value is -1.55. The Morgan fingerprint density at radius 1 is 1.38 bits per heavy atom. The molecule has 4 nitrogen and oxygen atoms in total. The van der Waals surface area contributed by atoms with E-state index in [4.69, 9.17) is 0 Å². The highest BCUT2D eigenvalue weighted by molar-refractivity contribution is 5.74. The molecule has 116 valence electrons. The molecule has 1 saturated carbocycles. The number of aryl methyl sites for hydroxylation is 1. The maximum atomic E-state index is 12.1. The average molecular weight is 290 g/mol. The highest BCUT2D eigenvalue weighted by Crippen LogP contribution is 2.37. The molecule has 1 aromatic rings. The SMILES string of the molecule is CCc1ccccc1CNC(=O)NC1CCCC1(C)CO. The summed E-state index contributed by atoms with van der Waals surface area (Å²) in [7, 11) is 0. The van der Waals surface area contributed by atoms with E-state index in [2.05, 4.69) is 23.6 Å². The van der Waals surface area contributed by atoms with Crippen LogP contribution in [0.15, 0.2) is 24.3 Å². The topological polar surface area (TPSA) is 61.4 Å². The monoisotopic (exact) mass is 290 g/mol. The molecule has 21 heavy (non-hydrogen) atoms. The lowest BCUT2D eigenvalue weighted by molar-refractivity contribution is 0.121. The van der Waals surface area contributed by atoms with Crippen molar-refractivity contribution in [3.8, 4) is 0 Å². The Bertz CT molecular complexity index is 489. The van der Waals surface area contributed by atoms with Crippen LogP contribution in [0.3, 0.4) is 0 Å². The summed E-state index contributed by atoms with van der Waals surface area (Å²) < 4.78 is 0. The second kappa shape index (κ2) is 6.94. The van der Waals surface area contributed by atoms with Crippen LogP contribution in [0.2, 0.25) is 0 Å². The van der Waals surface area contributed by atoms with Gasteiger partial charge in [0.05, 0.1) is 6.61 Å². The second-order valence-electron chi connectivity index (χ2n) is 6.21. The zero-order valence-electron chi connectivity index (χ0n) is 13.0. The van der Waals surface area contributed by atoms with Gasteiger partial charge in [0.25, 0.3) is 0 Å². The fraction of sp³-hybridized carbons (Fsp3) is 0.588. The summed E-state index contributed by atoms with van der Waals surface area (Å²) in [6.45, 7) is 4.82. The molecule has 3 N–H and O–H groups in total. The number of urea groups is 1. The Kier molecular flexibility index (Phi) is 5.23. The molecule has 2 unspecified atom stereocenters. The Balaban J connectivity index is 1.88. The lowest BCUT2D eigenvalue weighted by atomic mass is 9.86. The molecule has 2 amide bonds. The van der Waals surface area contributed by atoms with Gasteiger partial charge in [-0.15, -0.1) is 0 Å². The summed E-state index contributed by atoms with van der Waals surface area (Å²) in [5.74, 6) is 0. The predicted molar refractivity (Wildman–Crippen MR) is 84.0 cm³/mol. The van der Waals surface area contributed by atoms with Crippen molar-refractivity contribution in [2.24, 2.45) is 5.41 Å². The molecule has 0 radical (unpaired) electrons. The molecule has 1 aliphatic rings. The van der Waals surface area contributed by atoms with E-state index in [0.717, 1.165) is 31.2 Å². The number of hydrogen-bond donors (Lipinski definition) is 3. The molecule has 0 aromatic heterocycles. The predicted octanol–water partition coefficient (Wildman–Crippen LogP) is 2.60. The molecule has 0 aliphatic heterocycles. The van der Waals surface area contributed by atoms with Gasteiger partial charge in [-0.2, -0.15) is 0 Å². The number of aliphatic hydroxyl groups excluding tert-OH is 1. The molecule has 1 aromatic carbocycles. The molecule has 0 heterocycles. The third kappa shape index (κ3) is 3.76. The van der Waals surface area contributed by atoms with Gasteiger partial charge >= 0.3 is 6.03 Å². The first-order chi connectivity index (χ1) is 10.1. The lowest BCUT2D eigenvalue weighted by Gasteiger charge is -2.30. The van der Waals surface area contributed by atoms with E-state index in [1.807, 2.05) is 25.1 Å². The van der Waals surface area contributed by atoms with Gasteiger partial charge in [0.2, 0.25) is 0 Å². The molecule has 1 aliphatic carbocycles. The normalized spacial score (nSPS) is 24.8. The quantitative estimate of drug-likeness (QED) is 0.780. The Labute approximate surface area is 126 Å². The number of aliphatic hydroxyl groups is 1. The number of carbonyl (C=O) groups excluding carboxylic acids is 1. The van der Waals surface area contributed by atoms with E-state index >= 15 is 0 Å². The fourth-order valence-electron chi connectivity index (χ4n) is 3.13. The van der Waals surface area contributed by atoms with Gasteiger partial charge in [-0.25, -0.2) is 4.79 Å². The molecule has 1 fully saturated rings. The van der Waals surface area contributed by atoms with Crippen molar-refractivity contribution >= 4 is 6.03 Å². The van der Waals surface area contributed by atoms with Crippen LogP contribution >= 0.6 is 0 Å². The van der Waals surface area contributed by atoms with Crippen molar-refractivity contribution in [1.29, 1.82) is 0 Å². The van der Waals surface area contributed by atoms with Crippen molar-refractivity contribution in [3.63, 3.8) is 0 Å². The number of carbonyl (C=O) groups is 1. The maximum Gasteiger partial charge on any atom is 0.315 e. The summed E-state index contributed by atoms with van der Waals surface area (Å²) in [4.78, 5) is 12.1. The number of rotatable bonds is 5. The molecule has 2 rings (SSSR count). The van der Waals surface area contributed by atoms with Crippen molar-refractivity contribution in [2.75, 3.05) is 6.61 Å². The summed E-state index contributed by atoms with van der Waals surface area (Å²) in [6, 6.07) is 8.07. The van der Waals surface area contributed by atoms with Crippen LogP contribution in [0.5, 0.6) is 0 Å². The fourth-order valence-corrected chi connectivity index (χ4v) is 3.13. The van der Waals surface area contributed by atoms with Crippen molar-refractivity contribution in [3.05, 3.63) is 35.4 Å². The van der Waals surface area contributed by atoms with Crippen molar-refractivity contribution in [1.82, 2.24) is 10.6 Å². The summed E-state index contributed by atoms with van der Waals surface area (Å²) in [5.41, 5.74) is 2.24. The van der Waals surface area contributed by atoms with Crippen molar-refractivity contribution < 1.29 is 9.90 Å². The largest absolute Gasteiger partial charge is 0.396 e. The molecular weight excluding hydrogens is 264 g/mol. The first-order valence-electron chi connectivity index (χ1n) is 7.81. The standard InChI is InChI=1S/C17H26N2O2/c1-3-13-7-4-5-8-14(13)11-18-16(21)19-15-9-6-10-17(15,2)12-20/h4-5,7-8,15,20H,3,6,9-12H2,1-2H3,(H2,18,19,21). The van der Waals surface area contributed by atoms with Crippen molar-refractivity contribution in [2.45, 2.75) is 52.1 Å². The van der Waals surface area contributed by atoms with E-state index < -0.39 is 0 Å². The van der Waals surface area contributed by atoms with Crippen LogP contribution < -0.4 is 10.6 Å². The van der Waals surface area contributed by atoms with Crippen LogP contribution in [-0.2, 0) is 13.0 Å². The molecule has 0 spiro atoms. The minimum absolute atomic E-state index is 0.0592. The molecule has 4 heteroatoms. The maximum absolute atomic E-state index is 12.1. The zero-order chi connectivity index (χ0) is 15.3. The average Bonchev–Trinajstić information content (AvgIpc) is 2.87. The third-order valence-corrected chi connectivity index (χ3v) is 4.69. The minimum atomic E-state index is -0.182. The smallest absolute Gasteiger partial charge is 0.315 e. The van der Waals surface area contributed by atoms with Crippen LogP contribution in [0.4, 0.5) is 4.79 Å². The molecule has 0 bridgehead atoms. The van der Waals surface area contributed by atoms with Crippen LogP contribution in [0.25, 0.3) is 0 Å². The van der Waals surface area contributed by atoms with Gasteiger partial charge in [0, 0.05) is 18.0 Å². The number of benzene rings is 1.